The minimum absolute atomic E-state index is 0.281. The van der Waals surface area contributed by atoms with Crippen molar-refractivity contribution in [3.63, 3.8) is 0 Å². The molecule has 0 saturated heterocycles. The number of carbonyl (C=O) groups excluding carboxylic acids is 1. The van der Waals surface area contributed by atoms with E-state index >= 15 is 0 Å². The van der Waals surface area contributed by atoms with Gasteiger partial charge in [-0.3, -0.25) is 4.79 Å². The normalized spacial score (nSPS) is 10.1. The first-order valence-electron chi connectivity index (χ1n) is 5.82. The number of rotatable bonds is 3. The van der Waals surface area contributed by atoms with Gasteiger partial charge in [-0.05, 0) is 43.3 Å². The molecule has 1 N–H and O–H groups in total. The molecular formula is C15H14FNO2. The second-order valence-electron chi connectivity index (χ2n) is 4.10. The fraction of sp³-hybridized carbons (Fsp3) is 0.133. The number of methoxy groups -OCH3 is 1. The predicted molar refractivity (Wildman–Crippen MR) is 72.1 cm³/mol. The van der Waals surface area contributed by atoms with Crippen molar-refractivity contribution in [2.24, 2.45) is 0 Å². The molecule has 19 heavy (non-hydrogen) atoms. The van der Waals surface area contributed by atoms with Crippen molar-refractivity contribution in [1.29, 1.82) is 0 Å². The second-order valence-corrected chi connectivity index (χ2v) is 4.10. The number of carbonyl (C=O) groups is 1. The molecule has 2 aromatic carbocycles. The third-order valence-corrected chi connectivity index (χ3v) is 2.87. The Bertz CT molecular complexity index is 594. The highest BCUT2D eigenvalue weighted by Crippen LogP contribution is 2.19. The summed E-state index contributed by atoms with van der Waals surface area (Å²) in [5.41, 5.74) is 1.38. The SMILES string of the molecule is COc1ccc(C(=O)Nc2cccc(F)c2C)cc1. The van der Waals surface area contributed by atoms with E-state index in [0.717, 1.165) is 0 Å². The number of ether oxygens (including phenoxy) is 1. The Morgan fingerprint density at radius 3 is 2.47 bits per heavy atom. The van der Waals surface area contributed by atoms with Gasteiger partial charge in [-0.1, -0.05) is 6.07 Å². The first kappa shape index (κ1) is 13.1. The van der Waals surface area contributed by atoms with Crippen molar-refractivity contribution in [1.82, 2.24) is 0 Å². The van der Waals surface area contributed by atoms with Crippen LogP contribution in [0.4, 0.5) is 10.1 Å². The monoisotopic (exact) mass is 259 g/mol. The van der Waals surface area contributed by atoms with Gasteiger partial charge in [-0.25, -0.2) is 4.39 Å². The summed E-state index contributed by atoms with van der Waals surface area (Å²) < 4.78 is 18.4. The Morgan fingerprint density at radius 2 is 1.84 bits per heavy atom. The maximum Gasteiger partial charge on any atom is 0.255 e. The van der Waals surface area contributed by atoms with E-state index in [-0.39, 0.29) is 11.7 Å². The van der Waals surface area contributed by atoms with Crippen LogP contribution >= 0.6 is 0 Å². The van der Waals surface area contributed by atoms with Crippen LogP contribution in [-0.2, 0) is 0 Å². The van der Waals surface area contributed by atoms with Crippen LogP contribution < -0.4 is 10.1 Å². The molecule has 0 saturated carbocycles. The zero-order valence-electron chi connectivity index (χ0n) is 10.7. The molecule has 0 heterocycles. The van der Waals surface area contributed by atoms with Crippen LogP contribution in [0.3, 0.4) is 0 Å². The summed E-state index contributed by atoms with van der Waals surface area (Å²) >= 11 is 0. The fourth-order valence-electron chi connectivity index (χ4n) is 1.68. The molecule has 0 spiro atoms. The van der Waals surface area contributed by atoms with Crippen LogP contribution in [0.15, 0.2) is 42.5 Å². The lowest BCUT2D eigenvalue weighted by atomic mass is 10.1. The molecule has 0 aliphatic rings. The summed E-state index contributed by atoms with van der Waals surface area (Å²) in [4.78, 5) is 12.0. The largest absolute Gasteiger partial charge is 0.497 e. The first-order chi connectivity index (χ1) is 9.11. The lowest BCUT2D eigenvalue weighted by molar-refractivity contribution is 0.102. The average Bonchev–Trinajstić information content (AvgIpc) is 2.44. The van der Waals surface area contributed by atoms with E-state index in [0.29, 0.717) is 22.6 Å². The second kappa shape index (κ2) is 5.52. The number of nitrogens with one attached hydrogen (secondary N) is 1. The lowest BCUT2D eigenvalue weighted by Crippen LogP contribution is -2.13. The van der Waals surface area contributed by atoms with Crippen LogP contribution in [-0.4, -0.2) is 13.0 Å². The first-order valence-corrected chi connectivity index (χ1v) is 5.82. The Labute approximate surface area is 111 Å². The van der Waals surface area contributed by atoms with Crippen molar-refractivity contribution >= 4 is 11.6 Å². The van der Waals surface area contributed by atoms with Crippen molar-refractivity contribution in [3.8, 4) is 5.75 Å². The predicted octanol–water partition coefficient (Wildman–Crippen LogP) is 3.40. The number of anilines is 1. The van der Waals surface area contributed by atoms with E-state index < -0.39 is 0 Å². The average molecular weight is 259 g/mol. The quantitative estimate of drug-likeness (QED) is 0.917. The number of benzene rings is 2. The summed E-state index contributed by atoms with van der Waals surface area (Å²) in [5, 5.41) is 2.69. The van der Waals surface area contributed by atoms with E-state index in [9.17, 15) is 9.18 Å². The van der Waals surface area contributed by atoms with Gasteiger partial charge in [0, 0.05) is 16.8 Å². The molecular weight excluding hydrogens is 245 g/mol. The molecule has 2 aromatic rings. The Hall–Kier alpha value is -2.36. The fourth-order valence-corrected chi connectivity index (χ4v) is 1.68. The molecule has 0 aliphatic carbocycles. The summed E-state index contributed by atoms with van der Waals surface area (Å²) in [5.74, 6) is 0.0578. The van der Waals surface area contributed by atoms with E-state index in [1.165, 1.54) is 6.07 Å². The summed E-state index contributed by atoms with van der Waals surface area (Å²) in [6.45, 7) is 1.62. The van der Waals surface area contributed by atoms with Gasteiger partial charge in [0.25, 0.3) is 5.91 Å². The van der Waals surface area contributed by atoms with Gasteiger partial charge < -0.3 is 10.1 Å². The van der Waals surface area contributed by atoms with Crippen molar-refractivity contribution < 1.29 is 13.9 Å². The van der Waals surface area contributed by atoms with Crippen LogP contribution in [0.25, 0.3) is 0 Å². The maximum atomic E-state index is 13.4. The smallest absolute Gasteiger partial charge is 0.255 e. The minimum Gasteiger partial charge on any atom is -0.497 e. The van der Waals surface area contributed by atoms with E-state index in [1.807, 2.05) is 0 Å². The van der Waals surface area contributed by atoms with Crippen LogP contribution in [0.2, 0.25) is 0 Å². The third-order valence-electron chi connectivity index (χ3n) is 2.87. The molecule has 0 bridgehead atoms. The highest BCUT2D eigenvalue weighted by Gasteiger charge is 2.09. The zero-order chi connectivity index (χ0) is 13.8. The molecule has 0 aliphatic heterocycles. The topological polar surface area (TPSA) is 38.3 Å². The highest BCUT2D eigenvalue weighted by atomic mass is 19.1. The molecule has 0 aromatic heterocycles. The molecule has 0 radical (unpaired) electrons. The minimum atomic E-state index is -0.340. The lowest BCUT2D eigenvalue weighted by Gasteiger charge is -2.09. The van der Waals surface area contributed by atoms with Crippen LogP contribution in [0, 0.1) is 12.7 Å². The van der Waals surface area contributed by atoms with Gasteiger partial charge in [0.1, 0.15) is 11.6 Å². The number of halogens is 1. The van der Waals surface area contributed by atoms with E-state index in [1.54, 1.807) is 50.4 Å². The van der Waals surface area contributed by atoms with Crippen molar-refractivity contribution in [2.45, 2.75) is 6.92 Å². The van der Waals surface area contributed by atoms with Gasteiger partial charge in [-0.2, -0.15) is 0 Å². The molecule has 98 valence electrons. The molecule has 0 unspecified atom stereocenters. The van der Waals surface area contributed by atoms with Gasteiger partial charge in [0.2, 0.25) is 0 Å². The molecule has 1 amide bonds. The van der Waals surface area contributed by atoms with Crippen LogP contribution in [0.5, 0.6) is 5.75 Å². The molecule has 3 nitrogen and oxygen atoms in total. The molecule has 2 rings (SSSR count). The van der Waals surface area contributed by atoms with Crippen molar-refractivity contribution in [2.75, 3.05) is 12.4 Å². The van der Waals surface area contributed by atoms with Crippen LogP contribution in [0.1, 0.15) is 15.9 Å². The highest BCUT2D eigenvalue weighted by molar-refractivity contribution is 6.04. The Morgan fingerprint density at radius 1 is 1.16 bits per heavy atom. The third kappa shape index (κ3) is 2.91. The van der Waals surface area contributed by atoms with Crippen molar-refractivity contribution in [3.05, 3.63) is 59.4 Å². The van der Waals surface area contributed by atoms with Gasteiger partial charge in [0.15, 0.2) is 0 Å². The molecule has 4 heteroatoms. The summed E-state index contributed by atoms with van der Waals surface area (Å²) in [6, 6.07) is 11.3. The zero-order valence-corrected chi connectivity index (χ0v) is 10.7. The molecule has 0 fully saturated rings. The number of amides is 1. The molecule has 0 atom stereocenters. The Kier molecular flexibility index (Phi) is 3.80. The summed E-state index contributed by atoms with van der Waals surface area (Å²) in [6.07, 6.45) is 0. The van der Waals surface area contributed by atoms with E-state index in [2.05, 4.69) is 5.32 Å². The summed E-state index contributed by atoms with van der Waals surface area (Å²) in [7, 11) is 1.56. The number of hydrogen-bond acceptors (Lipinski definition) is 2. The van der Waals surface area contributed by atoms with Gasteiger partial charge in [0.05, 0.1) is 7.11 Å². The number of hydrogen-bond donors (Lipinski definition) is 1. The van der Waals surface area contributed by atoms with Gasteiger partial charge >= 0.3 is 0 Å². The Balaban J connectivity index is 2.18. The van der Waals surface area contributed by atoms with E-state index in [4.69, 9.17) is 4.74 Å². The standard InChI is InChI=1S/C15H14FNO2/c1-10-13(16)4-3-5-14(10)17-15(18)11-6-8-12(19-2)9-7-11/h3-9H,1-2H3,(H,17,18). The maximum absolute atomic E-state index is 13.4. The van der Waals surface area contributed by atoms with Gasteiger partial charge in [-0.15, -0.1) is 0 Å².